The van der Waals surface area contributed by atoms with Crippen LogP contribution in [0.5, 0.6) is 0 Å². The van der Waals surface area contributed by atoms with Gasteiger partial charge in [-0.1, -0.05) is 50.8 Å². The lowest BCUT2D eigenvalue weighted by Crippen LogP contribution is -1.98. The van der Waals surface area contributed by atoms with Crippen molar-refractivity contribution >= 4 is 5.97 Å². The summed E-state index contributed by atoms with van der Waals surface area (Å²) in [7, 11) is 1.33. The predicted molar refractivity (Wildman–Crippen MR) is 67.4 cm³/mol. The van der Waals surface area contributed by atoms with Crippen molar-refractivity contribution in [3.63, 3.8) is 0 Å². The highest BCUT2D eigenvalue weighted by Crippen LogP contribution is 2.11. The van der Waals surface area contributed by atoms with E-state index in [2.05, 4.69) is 49.4 Å². The smallest absolute Gasteiger partial charge is 0.332 e. The maximum atomic E-state index is 10.2. The molecule has 0 heterocycles. The summed E-state index contributed by atoms with van der Waals surface area (Å²) < 4.78 is 4.27. The molecule has 1 aromatic rings. The van der Waals surface area contributed by atoms with Gasteiger partial charge >= 0.3 is 5.97 Å². The van der Waals surface area contributed by atoms with Crippen LogP contribution in [0.3, 0.4) is 0 Å². The summed E-state index contributed by atoms with van der Waals surface area (Å²) >= 11 is 0. The summed E-state index contributed by atoms with van der Waals surface area (Å²) in [4.78, 5) is 10.2. The monoisotopic (exact) mass is 220 g/mol. The summed E-state index contributed by atoms with van der Waals surface area (Å²) in [5.74, 6) is 0.311. The van der Waals surface area contributed by atoms with Gasteiger partial charge in [0.25, 0.3) is 0 Å². The van der Waals surface area contributed by atoms with Gasteiger partial charge in [-0.25, -0.2) is 4.79 Å². The Morgan fingerprint density at radius 3 is 1.94 bits per heavy atom. The minimum atomic E-state index is -0.347. The molecule has 0 saturated carbocycles. The van der Waals surface area contributed by atoms with Crippen LogP contribution in [0, 0.1) is 0 Å². The Balaban J connectivity index is 0.000000293. The molecule has 2 heteroatoms. The summed E-state index contributed by atoms with van der Waals surface area (Å²) in [5, 5.41) is 0. The molecule has 0 unspecified atom stereocenters. The van der Waals surface area contributed by atoms with E-state index in [0.717, 1.165) is 0 Å². The fourth-order valence-corrected chi connectivity index (χ4v) is 1.01. The van der Waals surface area contributed by atoms with Gasteiger partial charge in [-0.05, 0) is 18.4 Å². The Morgan fingerprint density at radius 2 is 1.75 bits per heavy atom. The Kier molecular flexibility index (Phi) is 6.93. The second-order valence-corrected chi connectivity index (χ2v) is 3.84. The lowest BCUT2D eigenvalue weighted by atomic mass is 10.0. The van der Waals surface area contributed by atoms with Gasteiger partial charge in [0, 0.05) is 5.57 Å². The highest BCUT2D eigenvalue weighted by Gasteiger charge is 1.95. The highest BCUT2D eigenvalue weighted by atomic mass is 16.5. The molecule has 0 fully saturated rings. The molecule has 1 rings (SSSR count). The number of carbonyl (C=O) groups excluding carboxylic acids is 1. The van der Waals surface area contributed by atoms with Crippen LogP contribution in [-0.2, 0) is 9.53 Å². The Morgan fingerprint density at radius 1 is 1.25 bits per heavy atom. The van der Waals surface area contributed by atoms with Crippen LogP contribution in [0.15, 0.2) is 42.5 Å². The number of esters is 1. The molecule has 0 spiro atoms. The Hall–Kier alpha value is -1.57. The topological polar surface area (TPSA) is 26.3 Å². The van der Waals surface area contributed by atoms with Gasteiger partial charge in [0.15, 0.2) is 0 Å². The Bertz CT molecular complexity index is 326. The van der Waals surface area contributed by atoms with Crippen LogP contribution in [0.2, 0.25) is 0 Å². The van der Waals surface area contributed by atoms with Gasteiger partial charge in [-0.2, -0.15) is 0 Å². The average Bonchev–Trinajstić information content (AvgIpc) is 2.29. The number of hydrogen-bond donors (Lipinski definition) is 0. The molecule has 0 saturated heterocycles. The lowest BCUT2D eigenvalue weighted by molar-refractivity contribution is -0.136. The molecule has 0 N–H and O–H groups in total. The van der Waals surface area contributed by atoms with Crippen molar-refractivity contribution in [3.05, 3.63) is 48.0 Å². The average molecular weight is 220 g/mol. The molecule has 16 heavy (non-hydrogen) atoms. The van der Waals surface area contributed by atoms with Crippen LogP contribution in [0.25, 0.3) is 0 Å². The van der Waals surface area contributed by atoms with Gasteiger partial charge in [0.2, 0.25) is 0 Å². The van der Waals surface area contributed by atoms with E-state index in [1.54, 1.807) is 6.92 Å². The molecule has 0 aliphatic rings. The van der Waals surface area contributed by atoms with Crippen molar-refractivity contribution in [3.8, 4) is 0 Å². The first kappa shape index (κ1) is 14.4. The first-order valence-corrected chi connectivity index (χ1v) is 5.27. The second kappa shape index (κ2) is 7.69. The molecule has 0 amide bonds. The quantitative estimate of drug-likeness (QED) is 0.563. The molecule has 0 aromatic heterocycles. The third-order valence-corrected chi connectivity index (χ3v) is 2.00. The van der Waals surface area contributed by atoms with Crippen molar-refractivity contribution in [2.75, 3.05) is 7.11 Å². The number of carbonyl (C=O) groups is 1. The summed E-state index contributed by atoms with van der Waals surface area (Å²) in [6, 6.07) is 10.5. The van der Waals surface area contributed by atoms with Crippen molar-refractivity contribution < 1.29 is 9.53 Å². The van der Waals surface area contributed by atoms with Crippen molar-refractivity contribution in [2.45, 2.75) is 26.7 Å². The number of rotatable bonds is 2. The SMILES string of the molecule is C=C(C)C(=O)OC.CC(C)c1ccccc1. The minimum absolute atomic E-state index is 0.347. The Labute approximate surface area is 97.9 Å². The third-order valence-electron chi connectivity index (χ3n) is 2.00. The molecule has 0 radical (unpaired) electrons. The zero-order valence-electron chi connectivity index (χ0n) is 10.5. The first-order valence-electron chi connectivity index (χ1n) is 5.27. The van der Waals surface area contributed by atoms with E-state index >= 15 is 0 Å². The van der Waals surface area contributed by atoms with E-state index in [0.29, 0.717) is 11.5 Å². The standard InChI is InChI=1S/C9H12.C5H8O2/c1-8(2)9-6-4-3-5-7-9;1-4(2)5(6)7-3/h3-8H,1-2H3;1H2,2-3H3. The number of ether oxygens (including phenoxy) is 1. The molecule has 0 aliphatic heterocycles. The van der Waals surface area contributed by atoms with E-state index < -0.39 is 0 Å². The van der Waals surface area contributed by atoms with Crippen molar-refractivity contribution in [1.29, 1.82) is 0 Å². The van der Waals surface area contributed by atoms with E-state index in [1.165, 1.54) is 12.7 Å². The molecule has 0 aliphatic carbocycles. The van der Waals surface area contributed by atoms with E-state index in [4.69, 9.17) is 0 Å². The minimum Gasteiger partial charge on any atom is -0.466 e. The molecular formula is C14H20O2. The predicted octanol–water partition coefficient (Wildman–Crippen LogP) is 3.55. The third kappa shape index (κ3) is 6.02. The molecule has 0 atom stereocenters. The van der Waals surface area contributed by atoms with Gasteiger partial charge in [0.05, 0.1) is 7.11 Å². The summed E-state index contributed by atoms with van der Waals surface area (Å²) in [5.41, 5.74) is 1.85. The van der Waals surface area contributed by atoms with Crippen LogP contribution < -0.4 is 0 Å². The summed E-state index contributed by atoms with van der Waals surface area (Å²) in [6.07, 6.45) is 0. The van der Waals surface area contributed by atoms with Crippen molar-refractivity contribution in [1.82, 2.24) is 0 Å². The second-order valence-electron chi connectivity index (χ2n) is 3.84. The van der Waals surface area contributed by atoms with Gasteiger partial charge < -0.3 is 4.74 Å². The number of methoxy groups -OCH3 is 1. The van der Waals surface area contributed by atoms with E-state index in [-0.39, 0.29) is 5.97 Å². The maximum absolute atomic E-state index is 10.2. The fourth-order valence-electron chi connectivity index (χ4n) is 1.01. The van der Waals surface area contributed by atoms with E-state index in [1.807, 2.05) is 6.07 Å². The molecule has 88 valence electrons. The largest absolute Gasteiger partial charge is 0.466 e. The van der Waals surface area contributed by atoms with Crippen molar-refractivity contribution in [2.24, 2.45) is 0 Å². The zero-order valence-corrected chi connectivity index (χ0v) is 10.5. The molecule has 0 bridgehead atoms. The van der Waals surface area contributed by atoms with Crippen LogP contribution in [0.1, 0.15) is 32.3 Å². The number of benzene rings is 1. The lowest BCUT2D eigenvalue weighted by Gasteiger charge is -2.01. The van der Waals surface area contributed by atoms with Crippen LogP contribution in [-0.4, -0.2) is 13.1 Å². The first-order chi connectivity index (χ1) is 7.49. The zero-order chi connectivity index (χ0) is 12.6. The van der Waals surface area contributed by atoms with Crippen LogP contribution in [0.4, 0.5) is 0 Å². The fraction of sp³-hybridized carbons (Fsp3) is 0.357. The van der Waals surface area contributed by atoms with Gasteiger partial charge in [0.1, 0.15) is 0 Å². The summed E-state index contributed by atoms with van der Waals surface area (Å²) in [6.45, 7) is 9.36. The highest BCUT2D eigenvalue weighted by molar-refractivity contribution is 5.86. The normalized spacial score (nSPS) is 9.06. The molecule has 2 nitrogen and oxygen atoms in total. The maximum Gasteiger partial charge on any atom is 0.332 e. The number of hydrogen-bond acceptors (Lipinski definition) is 2. The molecule has 1 aromatic carbocycles. The molecular weight excluding hydrogens is 200 g/mol. The van der Waals surface area contributed by atoms with E-state index in [9.17, 15) is 4.79 Å². The van der Waals surface area contributed by atoms with Gasteiger partial charge in [-0.15, -0.1) is 0 Å². The van der Waals surface area contributed by atoms with Crippen LogP contribution >= 0.6 is 0 Å². The van der Waals surface area contributed by atoms with Gasteiger partial charge in [-0.3, -0.25) is 0 Å².